The molecular formula is C22H24N2O3. The van der Waals surface area contributed by atoms with E-state index in [-0.39, 0.29) is 17.9 Å². The average molecular weight is 364 g/mol. The molecule has 2 aromatic rings. The summed E-state index contributed by atoms with van der Waals surface area (Å²) in [5.74, 6) is -0.275. The molecule has 1 saturated heterocycles. The van der Waals surface area contributed by atoms with Crippen LogP contribution in [0.4, 0.5) is 5.69 Å². The predicted molar refractivity (Wildman–Crippen MR) is 106 cm³/mol. The van der Waals surface area contributed by atoms with E-state index in [4.69, 9.17) is 0 Å². The standard InChI is InChI=1S/C22H24N2O3/c1-3-21(26)23(2)18-11-9-17(10-12-18)22(27)24-14-13-19(25)15-20(24)16-7-5-4-6-8-16/h3-12,19-20,25H,1,13-15H2,2H3/t19-,20+/m1/s1. The first-order chi connectivity index (χ1) is 13.0. The lowest BCUT2D eigenvalue weighted by Gasteiger charge is -2.38. The number of nitrogens with zero attached hydrogens (tertiary/aromatic N) is 2. The van der Waals surface area contributed by atoms with Gasteiger partial charge in [-0.3, -0.25) is 9.59 Å². The molecule has 27 heavy (non-hydrogen) atoms. The molecule has 5 nitrogen and oxygen atoms in total. The molecule has 140 valence electrons. The van der Waals surface area contributed by atoms with E-state index in [1.54, 1.807) is 31.3 Å². The lowest BCUT2D eigenvalue weighted by molar-refractivity contribution is -0.113. The number of benzene rings is 2. The van der Waals surface area contributed by atoms with E-state index >= 15 is 0 Å². The third kappa shape index (κ3) is 4.09. The first kappa shape index (κ1) is 18.9. The van der Waals surface area contributed by atoms with Gasteiger partial charge in [0.2, 0.25) is 5.91 Å². The van der Waals surface area contributed by atoms with Gasteiger partial charge >= 0.3 is 0 Å². The molecule has 3 rings (SSSR count). The molecule has 5 heteroatoms. The number of hydrogen-bond donors (Lipinski definition) is 1. The maximum absolute atomic E-state index is 13.1. The minimum atomic E-state index is -0.403. The van der Waals surface area contributed by atoms with Crippen molar-refractivity contribution in [3.05, 3.63) is 78.4 Å². The smallest absolute Gasteiger partial charge is 0.254 e. The van der Waals surface area contributed by atoms with Crippen LogP contribution in [0.15, 0.2) is 67.3 Å². The van der Waals surface area contributed by atoms with Crippen LogP contribution in [0.5, 0.6) is 0 Å². The van der Waals surface area contributed by atoms with E-state index in [1.165, 1.54) is 11.0 Å². The third-order valence-corrected chi connectivity index (χ3v) is 5.03. The molecule has 1 fully saturated rings. The number of likely N-dealkylation sites (N-methyl/N-ethyl adjacent to an activating group) is 1. The summed E-state index contributed by atoms with van der Waals surface area (Å²) in [5, 5.41) is 10.1. The fourth-order valence-corrected chi connectivity index (χ4v) is 3.44. The topological polar surface area (TPSA) is 60.9 Å². The Hall–Kier alpha value is -2.92. The Labute approximate surface area is 159 Å². The zero-order valence-electron chi connectivity index (χ0n) is 15.4. The molecule has 0 aromatic heterocycles. The zero-order valence-corrected chi connectivity index (χ0v) is 15.4. The highest BCUT2D eigenvalue weighted by atomic mass is 16.3. The van der Waals surface area contributed by atoms with Crippen molar-refractivity contribution in [2.75, 3.05) is 18.5 Å². The fourth-order valence-electron chi connectivity index (χ4n) is 3.44. The van der Waals surface area contributed by atoms with Gasteiger partial charge in [0.1, 0.15) is 0 Å². The summed E-state index contributed by atoms with van der Waals surface area (Å²) in [6.07, 6.45) is 1.96. The molecule has 0 aliphatic carbocycles. The number of piperidine rings is 1. The number of likely N-dealkylation sites (tertiary alicyclic amines) is 1. The lowest BCUT2D eigenvalue weighted by Crippen LogP contribution is -2.42. The number of aliphatic hydroxyl groups is 1. The van der Waals surface area contributed by atoms with E-state index < -0.39 is 6.10 Å². The monoisotopic (exact) mass is 364 g/mol. The molecule has 0 spiro atoms. The summed E-state index contributed by atoms with van der Waals surface area (Å²) < 4.78 is 0. The summed E-state index contributed by atoms with van der Waals surface area (Å²) in [4.78, 5) is 28.1. The quantitative estimate of drug-likeness (QED) is 0.848. The third-order valence-electron chi connectivity index (χ3n) is 5.03. The summed E-state index contributed by atoms with van der Waals surface area (Å²) in [7, 11) is 1.66. The van der Waals surface area contributed by atoms with Gasteiger partial charge in [-0.2, -0.15) is 0 Å². The average Bonchev–Trinajstić information content (AvgIpc) is 2.72. The van der Waals surface area contributed by atoms with Crippen molar-refractivity contribution in [1.82, 2.24) is 4.90 Å². The van der Waals surface area contributed by atoms with Gasteiger partial charge in [-0.25, -0.2) is 0 Å². The first-order valence-corrected chi connectivity index (χ1v) is 9.05. The molecule has 0 bridgehead atoms. The second-order valence-corrected chi connectivity index (χ2v) is 6.75. The number of carbonyl (C=O) groups excluding carboxylic acids is 2. The molecule has 0 unspecified atom stereocenters. The van der Waals surface area contributed by atoms with Crippen molar-refractivity contribution >= 4 is 17.5 Å². The van der Waals surface area contributed by atoms with Crippen LogP contribution < -0.4 is 4.90 Å². The van der Waals surface area contributed by atoms with Gasteiger partial charge in [-0.05, 0) is 48.7 Å². The summed E-state index contributed by atoms with van der Waals surface area (Å²) >= 11 is 0. The Balaban J connectivity index is 1.83. The zero-order chi connectivity index (χ0) is 19.4. The Kier molecular flexibility index (Phi) is 5.72. The molecule has 1 aliphatic heterocycles. The Morgan fingerprint density at radius 3 is 2.44 bits per heavy atom. The van der Waals surface area contributed by atoms with Gasteiger partial charge in [0, 0.05) is 24.8 Å². The Bertz CT molecular complexity index is 817. The highest BCUT2D eigenvalue weighted by Crippen LogP contribution is 2.32. The molecule has 1 aliphatic rings. The first-order valence-electron chi connectivity index (χ1n) is 9.05. The summed E-state index contributed by atoms with van der Waals surface area (Å²) in [6.45, 7) is 4.00. The maximum Gasteiger partial charge on any atom is 0.254 e. The number of amides is 2. The fraction of sp³-hybridized carbons (Fsp3) is 0.273. The second kappa shape index (κ2) is 8.18. The highest BCUT2D eigenvalue weighted by molar-refractivity contribution is 6.01. The molecule has 0 radical (unpaired) electrons. The number of carbonyl (C=O) groups is 2. The molecule has 1 N–H and O–H groups in total. The largest absolute Gasteiger partial charge is 0.393 e. The van der Waals surface area contributed by atoms with Crippen LogP contribution in [0.25, 0.3) is 0 Å². The Morgan fingerprint density at radius 1 is 1.15 bits per heavy atom. The van der Waals surface area contributed by atoms with Gasteiger partial charge in [0.25, 0.3) is 5.91 Å². The van der Waals surface area contributed by atoms with Crippen LogP contribution in [-0.4, -0.2) is 41.5 Å². The Morgan fingerprint density at radius 2 is 1.81 bits per heavy atom. The van der Waals surface area contributed by atoms with E-state index in [0.717, 1.165) is 5.56 Å². The van der Waals surface area contributed by atoms with Crippen LogP contribution in [0.2, 0.25) is 0 Å². The number of rotatable bonds is 4. The van der Waals surface area contributed by atoms with Gasteiger partial charge in [0.05, 0.1) is 12.1 Å². The van der Waals surface area contributed by atoms with Crippen molar-refractivity contribution < 1.29 is 14.7 Å². The highest BCUT2D eigenvalue weighted by Gasteiger charge is 2.32. The van der Waals surface area contributed by atoms with E-state index in [1.807, 2.05) is 35.2 Å². The van der Waals surface area contributed by atoms with Crippen molar-refractivity contribution in [2.45, 2.75) is 25.0 Å². The summed E-state index contributed by atoms with van der Waals surface area (Å²) in [5.41, 5.74) is 2.29. The van der Waals surface area contributed by atoms with Gasteiger partial charge in [0.15, 0.2) is 0 Å². The molecule has 2 amide bonds. The van der Waals surface area contributed by atoms with Gasteiger partial charge in [-0.15, -0.1) is 0 Å². The van der Waals surface area contributed by atoms with Crippen LogP contribution in [0.1, 0.15) is 34.8 Å². The van der Waals surface area contributed by atoms with Gasteiger partial charge < -0.3 is 14.9 Å². The predicted octanol–water partition coefficient (Wildman–Crippen LogP) is 3.17. The molecule has 2 atom stereocenters. The van der Waals surface area contributed by atoms with Crippen LogP contribution in [0, 0.1) is 0 Å². The van der Waals surface area contributed by atoms with Crippen LogP contribution in [-0.2, 0) is 4.79 Å². The van der Waals surface area contributed by atoms with E-state index in [2.05, 4.69) is 6.58 Å². The number of aliphatic hydroxyl groups excluding tert-OH is 1. The maximum atomic E-state index is 13.1. The van der Waals surface area contributed by atoms with E-state index in [0.29, 0.717) is 30.6 Å². The van der Waals surface area contributed by atoms with Crippen LogP contribution in [0.3, 0.4) is 0 Å². The van der Waals surface area contributed by atoms with Crippen molar-refractivity contribution in [3.8, 4) is 0 Å². The summed E-state index contributed by atoms with van der Waals surface area (Å²) in [6, 6.07) is 16.6. The minimum Gasteiger partial charge on any atom is -0.393 e. The molecule has 2 aromatic carbocycles. The van der Waals surface area contributed by atoms with Gasteiger partial charge in [-0.1, -0.05) is 36.9 Å². The lowest BCUT2D eigenvalue weighted by atomic mass is 9.92. The van der Waals surface area contributed by atoms with E-state index in [9.17, 15) is 14.7 Å². The minimum absolute atomic E-state index is 0.0694. The number of hydrogen-bond acceptors (Lipinski definition) is 3. The molecule has 0 saturated carbocycles. The van der Waals surface area contributed by atoms with Crippen molar-refractivity contribution in [1.29, 1.82) is 0 Å². The molecule has 1 heterocycles. The van der Waals surface area contributed by atoms with Crippen LogP contribution >= 0.6 is 0 Å². The van der Waals surface area contributed by atoms with Crippen molar-refractivity contribution in [2.24, 2.45) is 0 Å². The molecular weight excluding hydrogens is 340 g/mol. The second-order valence-electron chi connectivity index (χ2n) is 6.75. The normalized spacial score (nSPS) is 19.4. The van der Waals surface area contributed by atoms with Crippen molar-refractivity contribution in [3.63, 3.8) is 0 Å². The number of anilines is 1. The SMILES string of the molecule is C=CC(=O)N(C)c1ccc(C(=O)N2CC[C@@H](O)C[C@H]2c2ccccc2)cc1.